The quantitative estimate of drug-likeness (QED) is 0.726. The number of aryl methyl sites for hydroxylation is 2. The summed E-state index contributed by atoms with van der Waals surface area (Å²) in [6.45, 7) is 4.43. The van der Waals surface area contributed by atoms with Crippen molar-refractivity contribution in [2.24, 2.45) is 0 Å². The second-order valence-corrected chi connectivity index (χ2v) is 4.34. The van der Waals surface area contributed by atoms with Crippen molar-refractivity contribution in [1.82, 2.24) is 24.1 Å². The van der Waals surface area contributed by atoms with Gasteiger partial charge in [-0.05, 0) is 13.8 Å². The largest absolute Gasteiger partial charge is 0.331 e. The lowest BCUT2D eigenvalue weighted by atomic mass is 10.3. The normalized spacial score (nSPS) is 11.2. The molecule has 3 aromatic heterocycles. The van der Waals surface area contributed by atoms with Crippen molar-refractivity contribution in [2.75, 3.05) is 0 Å². The van der Waals surface area contributed by atoms with Crippen LogP contribution in [0.1, 0.15) is 17.0 Å². The van der Waals surface area contributed by atoms with E-state index in [1.165, 1.54) is 4.52 Å². The maximum atomic E-state index is 12.0. The molecule has 0 saturated heterocycles. The standard InChI is InChI=1S/C12H13N5O/c1-8-9(2)15-17-11(18)5-10(14-12(8)17)6-16-4-3-13-7-16/h3-5,7,15H,6H2,1-2H3. The number of H-pyrrole nitrogens is 1. The van der Waals surface area contributed by atoms with E-state index in [1.807, 2.05) is 24.6 Å². The number of rotatable bonds is 2. The number of aromatic amines is 1. The zero-order valence-electron chi connectivity index (χ0n) is 10.2. The summed E-state index contributed by atoms with van der Waals surface area (Å²) in [6.07, 6.45) is 5.26. The van der Waals surface area contributed by atoms with Gasteiger partial charge in [0, 0.05) is 29.7 Å². The fourth-order valence-electron chi connectivity index (χ4n) is 1.96. The van der Waals surface area contributed by atoms with Crippen LogP contribution in [0.5, 0.6) is 0 Å². The Hall–Kier alpha value is -2.37. The van der Waals surface area contributed by atoms with E-state index in [2.05, 4.69) is 15.1 Å². The van der Waals surface area contributed by atoms with Gasteiger partial charge in [-0.15, -0.1) is 0 Å². The van der Waals surface area contributed by atoms with Gasteiger partial charge in [-0.2, -0.15) is 0 Å². The van der Waals surface area contributed by atoms with Crippen LogP contribution >= 0.6 is 0 Å². The maximum Gasteiger partial charge on any atom is 0.272 e. The first kappa shape index (κ1) is 10.8. The van der Waals surface area contributed by atoms with E-state index in [-0.39, 0.29) is 5.56 Å². The molecule has 3 aromatic rings. The minimum absolute atomic E-state index is 0.0914. The summed E-state index contributed by atoms with van der Waals surface area (Å²) in [7, 11) is 0. The van der Waals surface area contributed by atoms with Crippen LogP contribution < -0.4 is 5.56 Å². The molecule has 0 bridgehead atoms. The summed E-state index contributed by atoms with van der Waals surface area (Å²) in [6, 6.07) is 1.54. The molecule has 0 aliphatic rings. The fourth-order valence-corrected chi connectivity index (χ4v) is 1.96. The van der Waals surface area contributed by atoms with E-state index < -0.39 is 0 Å². The number of imidazole rings is 1. The molecule has 6 heteroatoms. The predicted molar refractivity (Wildman–Crippen MR) is 66.6 cm³/mol. The zero-order chi connectivity index (χ0) is 12.7. The summed E-state index contributed by atoms with van der Waals surface area (Å²) in [4.78, 5) is 20.4. The van der Waals surface area contributed by atoms with Crippen LogP contribution in [-0.2, 0) is 6.54 Å². The van der Waals surface area contributed by atoms with Gasteiger partial charge in [0.05, 0.1) is 18.6 Å². The lowest BCUT2D eigenvalue weighted by molar-refractivity contribution is 0.761. The lowest BCUT2D eigenvalue weighted by Crippen LogP contribution is -2.16. The van der Waals surface area contributed by atoms with Crippen molar-refractivity contribution in [3.05, 3.63) is 52.1 Å². The molecule has 0 spiro atoms. The van der Waals surface area contributed by atoms with Gasteiger partial charge < -0.3 is 4.57 Å². The Morgan fingerprint density at radius 3 is 2.94 bits per heavy atom. The Bertz CT molecular complexity index is 751. The van der Waals surface area contributed by atoms with E-state index in [9.17, 15) is 4.79 Å². The molecule has 18 heavy (non-hydrogen) atoms. The molecule has 0 aliphatic heterocycles. The highest BCUT2D eigenvalue weighted by Crippen LogP contribution is 2.10. The van der Waals surface area contributed by atoms with E-state index in [1.54, 1.807) is 18.6 Å². The third kappa shape index (κ3) is 1.62. The molecular formula is C12H13N5O. The van der Waals surface area contributed by atoms with Crippen molar-refractivity contribution in [3.8, 4) is 0 Å². The molecular weight excluding hydrogens is 230 g/mol. The van der Waals surface area contributed by atoms with Crippen molar-refractivity contribution >= 4 is 5.65 Å². The van der Waals surface area contributed by atoms with Crippen molar-refractivity contribution in [3.63, 3.8) is 0 Å². The second-order valence-electron chi connectivity index (χ2n) is 4.34. The SMILES string of the molecule is Cc1[nH]n2c(=O)cc(Cn3ccnc3)nc2c1C. The van der Waals surface area contributed by atoms with E-state index in [0.717, 1.165) is 17.0 Å². The highest BCUT2D eigenvalue weighted by atomic mass is 16.1. The maximum absolute atomic E-state index is 12.0. The van der Waals surface area contributed by atoms with E-state index in [4.69, 9.17) is 0 Å². The fraction of sp³-hybridized carbons (Fsp3) is 0.250. The van der Waals surface area contributed by atoms with Crippen LogP contribution in [0.25, 0.3) is 5.65 Å². The molecule has 0 radical (unpaired) electrons. The van der Waals surface area contributed by atoms with Crippen LogP contribution in [0.4, 0.5) is 0 Å². The molecule has 0 amide bonds. The first-order chi connectivity index (χ1) is 8.65. The van der Waals surface area contributed by atoms with Gasteiger partial charge in [-0.3, -0.25) is 9.89 Å². The third-order valence-corrected chi connectivity index (χ3v) is 3.05. The number of nitrogens with one attached hydrogen (secondary N) is 1. The summed E-state index contributed by atoms with van der Waals surface area (Å²) >= 11 is 0. The first-order valence-corrected chi connectivity index (χ1v) is 5.69. The number of aromatic nitrogens is 5. The van der Waals surface area contributed by atoms with Crippen LogP contribution in [0, 0.1) is 13.8 Å². The Labute approximate surface area is 103 Å². The number of hydrogen-bond donors (Lipinski definition) is 1. The monoisotopic (exact) mass is 243 g/mol. The molecule has 1 N–H and O–H groups in total. The molecule has 6 nitrogen and oxygen atoms in total. The topological polar surface area (TPSA) is 68.0 Å². The lowest BCUT2D eigenvalue weighted by Gasteiger charge is -2.02. The van der Waals surface area contributed by atoms with Gasteiger partial charge in [0.15, 0.2) is 5.65 Å². The minimum Gasteiger partial charge on any atom is -0.331 e. The summed E-state index contributed by atoms with van der Waals surface area (Å²) in [5, 5.41) is 3.00. The highest BCUT2D eigenvalue weighted by Gasteiger charge is 2.09. The van der Waals surface area contributed by atoms with Crippen LogP contribution in [0.15, 0.2) is 29.6 Å². The molecule has 0 unspecified atom stereocenters. The summed E-state index contributed by atoms with van der Waals surface area (Å²) < 4.78 is 3.36. The first-order valence-electron chi connectivity index (χ1n) is 5.69. The van der Waals surface area contributed by atoms with Crippen LogP contribution in [-0.4, -0.2) is 24.1 Å². The van der Waals surface area contributed by atoms with E-state index in [0.29, 0.717) is 12.2 Å². The van der Waals surface area contributed by atoms with Crippen LogP contribution in [0.3, 0.4) is 0 Å². The minimum atomic E-state index is -0.0914. The molecule has 3 heterocycles. The average Bonchev–Trinajstić information content (AvgIpc) is 2.92. The Morgan fingerprint density at radius 2 is 2.22 bits per heavy atom. The molecule has 3 rings (SSSR count). The molecule has 0 aliphatic carbocycles. The number of hydrogen-bond acceptors (Lipinski definition) is 3. The molecule has 0 atom stereocenters. The van der Waals surface area contributed by atoms with E-state index >= 15 is 0 Å². The Balaban J connectivity index is 2.14. The molecule has 0 fully saturated rings. The number of nitrogens with zero attached hydrogens (tertiary/aromatic N) is 4. The second kappa shape index (κ2) is 3.83. The summed E-state index contributed by atoms with van der Waals surface area (Å²) in [5.41, 5.74) is 3.29. The molecule has 0 saturated carbocycles. The third-order valence-electron chi connectivity index (χ3n) is 3.05. The molecule has 0 aromatic carbocycles. The van der Waals surface area contributed by atoms with Crippen molar-refractivity contribution in [2.45, 2.75) is 20.4 Å². The average molecular weight is 243 g/mol. The van der Waals surface area contributed by atoms with Gasteiger partial charge in [0.1, 0.15) is 0 Å². The smallest absolute Gasteiger partial charge is 0.272 e. The van der Waals surface area contributed by atoms with Gasteiger partial charge in [-0.1, -0.05) is 0 Å². The Morgan fingerprint density at radius 1 is 1.39 bits per heavy atom. The van der Waals surface area contributed by atoms with Crippen LogP contribution in [0.2, 0.25) is 0 Å². The summed E-state index contributed by atoms with van der Waals surface area (Å²) in [5.74, 6) is 0. The molecule has 92 valence electrons. The predicted octanol–water partition coefficient (Wildman–Crippen LogP) is 0.884. The van der Waals surface area contributed by atoms with Gasteiger partial charge in [0.2, 0.25) is 0 Å². The highest BCUT2D eigenvalue weighted by molar-refractivity contribution is 5.49. The van der Waals surface area contributed by atoms with Gasteiger partial charge in [0.25, 0.3) is 5.56 Å². The zero-order valence-corrected chi connectivity index (χ0v) is 10.2. The van der Waals surface area contributed by atoms with Gasteiger partial charge in [-0.25, -0.2) is 14.5 Å². The number of fused-ring (bicyclic) bond motifs is 1. The van der Waals surface area contributed by atoms with Crippen molar-refractivity contribution < 1.29 is 0 Å². The van der Waals surface area contributed by atoms with Gasteiger partial charge >= 0.3 is 0 Å². The van der Waals surface area contributed by atoms with Crippen molar-refractivity contribution in [1.29, 1.82) is 0 Å². The Kier molecular flexibility index (Phi) is 2.29.